The molecule has 0 bridgehead atoms. The van der Waals surface area contributed by atoms with E-state index in [4.69, 9.17) is 13.9 Å². The molecule has 1 aromatic rings. The zero-order chi connectivity index (χ0) is 13.7. The standard InChI is InChI=1S/C15H20O4/c1-14(2)13(19-14)11(16)8-15(3)6-4-12(18-15)10-5-7-17-9-10/h5,7,9,12-13H,4,6,8H2,1-3H3. The number of hydrogen-bond acceptors (Lipinski definition) is 4. The molecule has 2 aliphatic heterocycles. The summed E-state index contributed by atoms with van der Waals surface area (Å²) in [5, 5.41) is 0. The van der Waals surface area contributed by atoms with E-state index >= 15 is 0 Å². The van der Waals surface area contributed by atoms with Gasteiger partial charge in [0.05, 0.1) is 29.8 Å². The number of ether oxygens (including phenoxy) is 2. The maximum absolute atomic E-state index is 12.2. The molecule has 3 unspecified atom stereocenters. The fraction of sp³-hybridized carbons (Fsp3) is 0.667. The Labute approximate surface area is 113 Å². The molecule has 104 valence electrons. The summed E-state index contributed by atoms with van der Waals surface area (Å²) in [5.41, 5.74) is 0.399. The largest absolute Gasteiger partial charge is 0.472 e. The molecule has 3 heterocycles. The molecule has 2 saturated heterocycles. The summed E-state index contributed by atoms with van der Waals surface area (Å²) >= 11 is 0. The fourth-order valence-electron chi connectivity index (χ4n) is 2.91. The van der Waals surface area contributed by atoms with Crippen molar-refractivity contribution in [2.45, 2.75) is 63.4 Å². The summed E-state index contributed by atoms with van der Waals surface area (Å²) in [6, 6.07) is 1.92. The summed E-state index contributed by atoms with van der Waals surface area (Å²) in [5.74, 6) is 0.153. The Morgan fingerprint density at radius 3 is 2.68 bits per heavy atom. The van der Waals surface area contributed by atoms with Crippen molar-refractivity contribution in [3.05, 3.63) is 24.2 Å². The van der Waals surface area contributed by atoms with Crippen LogP contribution in [0.4, 0.5) is 0 Å². The Hall–Kier alpha value is -1.13. The highest BCUT2D eigenvalue weighted by Gasteiger charge is 2.54. The molecule has 0 radical (unpaired) electrons. The van der Waals surface area contributed by atoms with Crippen molar-refractivity contribution in [3.8, 4) is 0 Å². The molecule has 0 N–H and O–H groups in total. The molecule has 3 rings (SSSR count). The van der Waals surface area contributed by atoms with Crippen LogP contribution in [0.25, 0.3) is 0 Å². The third-order valence-electron chi connectivity index (χ3n) is 4.11. The molecule has 3 atom stereocenters. The highest BCUT2D eigenvalue weighted by atomic mass is 16.6. The van der Waals surface area contributed by atoms with Gasteiger partial charge in [-0.05, 0) is 39.7 Å². The second-order valence-corrected chi connectivity index (χ2v) is 6.40. The summed E-state index contributed by atoms with van der Waals surface area (Å²) in [7, 11) is 0. The van der Waals surface area contributed by atoms with Gasteiger partial charge in [-0.1, -0.05) is 0 Å². The lowest BCUT2D eigenvalue weighted by Crippen LogP contribution is -2.30. The number of epoxide rings is 1. The molecule has 2 fully saturated rings. The third-order valence-corrected chi connectivity index (χ3v) is 4.11. The van der Waals surface area contributed by atoms with Gasteiger partial charge in [0, 0.05) is 12.0 Å². The molecule has 0 amide bonds. The third kappa shape index (κ3) is 2.47. The average molecular weight is 264 g/mol. The maximum atomic E-state index is 12.2. The normalized spacial score (nSPS) is 36.4. The summed E-state index contributed by atoms with van der Waals surface area (Å²) in [6.45, 7) is 5.91. The zero-order valence-corrected chi connectivity index (χ0v) is 11.6. The molecule has 1 aromatic heterocycles. The van der Waals surface area contributed by atoms with E-state index in [-0.39, 0.29) is 29.2 Å². The smallest absolute Gasteiger partial charge is 0.167 e. The number of carbonyl (C=O) groups excluding carboxylic acids is 1. The number of rotatable bonds is 4. The first kappa shape index (κ1) is 12.9. The minimum Gasteiger partial charge on any atom is -0.472 e. The van der Waals surface area contributed by atoms with Gasteiger partial charge in [-0.3, -0.25) is 4.79 Å². The Kier molecular flexibility index (Phi) is 2.84. The Morgan fingerprint density at radius 1 is 1.37 bits per heavy atom. The van der Waals surface area contributed by atoms with Gasteiger partial charge < -0.3 is 13.9 Å². The average Bonchev–Trinajstić information content (AvgIpc) is 2.77. The van der Waals surface area contributed by atoms with E-state index in [1.54, 1.807) is 12.5 Å². The van der Waals surface area contributed by atoms with Gasteiger partial charge >= 0.3 is 0 Å². The van der Waals surface area contributed by atoms with E-state index in [0.29, 0.717) is 6.42 Å². The van der Waals surface area contributed by atoms with Crippen LogP contribution in [-0.4, -0.2) is 23.1 Å². The van der Waals surface area contributed by atoms with Crippen molar-refractivity contribution in [1.82, 2.24) is 0 Å². The van der Waals surface area contributed by atoms with Crippen molar-refractivity contribution in [3.63, 3.8) is 0 Å². The molecule has 4 heteroatoms. The lowest BCUT2D eigenvalue weighted by Gasteiger charge is -2.23. The van der Waals surface area contributed by atoms with Crippen LogP contribution in [0.2, 0.25) is 0 Å². The van der Waals surface area contributed by atoms with Gasteiger partial charge in [-0.25, -0.2) is 0 Å². The first-order valence-electron chi connectivity index (χ1n) is 6.80. The number of furan rings is 1. The minimum absolute atomic E-state index is 0.0460. The van der Waals surface area contributed by atoms with Crippen molar-refractivity contribution in [2.24, 2.45) is 0 Å². The molecule has 19 heavy (non-hydrogen) atoms. The lowest BCUT2D eigenvalue weighted by molar-refractivity contribution is -0.127. The monoisotopic (exact) mass is 264 g/mol. The molecule has 0 aliphatic carbocycles. The van der Waals surface area contributed by atoms with Crippen molar-refractivity contribution < 1.29 is 18.7 Å². The van der Waals surface area contributed by atoms with Gasteiger partial charge in [0.25, 0.3) is 0 Å². The van der Waals surface area contributed by atoms with E-state index in [0.717, 1.165) is 18.4 Å². The maximum Gasteiger partial charge on any atom is 0.167 e. The van der Waals surface area contributed by atoms with Crippen LogP contribution >= 0.6 is 0 Å². The van der Waals surface area contributed by atoms with Crippen molar-refractivity contribution >= 4 is 5.78 Å². The van der Waals surface area contributed by atoms with Crippen LogP contribution in [0.15, 0.2) is 23.0 Å². The first-order valence-corrected chi connectivity index (χ1v) is 6.80. The van der Waals surface area contributed by atoms with Crippen LogP contribution in [0.1, 0.15) is 51.7 Å². The second-order valence-electron chi connectivity index (χ2n) is 6.40. The van der Waals surface area contributed by atoms with Gasteiger partial charge in [0.2, 0.25) is 0 Å². The Balaban J connectivity index is 1.61. The lowest BCUT2D eigenvalue weighted by atomic mass is 9.92. The van der Waals surface area contributed by atoms with Crippen molar-refractivity contribution in [1.29, 1.82) is 0 Å². The molecule has 0 spiro atoms. The molecule has 4 nitrogen and oxygen atoms in total. The molecule has 0 aromatic carbocycles. The summed E-state index contributed by atoms with van der Waals surface area (Å²) < 4.78 is 16.6. The number of carbonyl (C=O) groups is 1. The Bertz CT molecular complexity index is 476. The molecular weight excluding hydrogens is 244 g/mol. The molecule has 0 saturated carbocycles. The highest BCUT2D eigenvalue weighted by molar-refractivity contribution is 5.87. The molecular formula is C15H20O4. The van der Waals surface area contributed by atoms with Crippen LogP contribution in [-0.2, 0) is 14.3 Å². The van der Waals surface area contributed by atoms with Crippen LogP contribution in [0, 0.1) is 0 Å². The predicted molar refractivity (Wildman–Crippen MR) is 68.7 cm³/mol. The minimum atomic E-state index is -0.374. The first-order chi connectivity index (χ1) is 8.90. The van der Waals surface area contributed by atoms with Crippen LogP contribution < -0.4 is 0 Å². The topological polar surface area (TPSA) is 52.0 Å². The highest BCUT2D eigenvalue weighted by Crippen LogP contribution is 2.44. The van der Waals surface area contributed by atoms with E-state index < -0.39 is 0 Å². The number of hydrogen-bond donors (Lipinski definition) is 0. The zero-order valence-electron chi connectivity index (χ0n) is 11.6. The van der Waals surface area contributed by atoms with Gasteiger partial charge in [-0.15, -0.1) is 0 Å². The Morgan fingerprint density at radius 2 is 2.11 bits per heavy atom. The van der Waals surface area contributed by atoms with Gasteiger partial charge in [0.1, 0.15) is 6.10 Å². The van der Waals surface area contributed by atoms with Crippen LogP contribution in [0.3, 0.4) is 0 Å². The molecule has 2 aliphatic rings. The SMILES string of the molecule is CC1(CC(=O)C2OC2(C)C)CCC(c2ccoc2)O1. The van der Waals surface area contributed by atoms with Crippen LogP contribution in [0.5, 0.6) is 0 Å². The van der Waals surface area contributed by atoms with Crippen molar-refractivity contribution in [2.75, 3.05) is 0 Å². The van der Waals surface area contributed by atoms with E-state index in [2.05, 4.69) is 0 Å². The summed E-state index contributed by atoms with van der Waals surface area (Å²) in [4.78, 5) is 12.2. The fourth-order valence-corrected chi connectivity index (χ4v) is 2.91. The van der Waals surface area contributed by atoms with Gasteiger partial charge in [-0.2, -0.15) is 0 Å². The quantitative estimate of drug-likeness (QED) is 0.784. The predicted octanol–water partition coefficient (Wildman–Crippen LogP) is 3.03. The van der Waals surface area contributed by atoms with E-state index in [1.165, 1.54) is 0 Å². The number of ketones is 1. The second kappa shape index (κ2) is 4.18. The number of Topliss-reactive ketones (excluding diaryl/α,β-unsaturated/α-hetero) is 1. The van der Waals surface area contributed by atoms with E-state index in [9.17, 15) is 4.79 Å². The van der Waals surface area contributed by atoms with E-state index in [1.807, 2.05) is 26.8 Å². The van der Waals surface area contributed by atoms with Gasteiger partial charge in [0.15, 0.2) is 5.78 Å². The summed E-state index contributed by atoms with van der Waals surface area (Å²) in [6.07, 6.45) is 5.41.